The molecule has 0 aliphatic heterocycles. The molecule has 80 valence electrons. The molecule has 0 aromatic heterocycles. The summed E-state index contributed by atoms with van der Waals surface area (Å²) < 4.78 is 0. The molecule has 0 saturated carbocycles. The van der Waals surface area contributed by atoms with E-state index in [-0.39, 0.29) is 0 Å². The third-order valence-electron chi connectivity index (χ3n) is 2.46. The molecule has 0 radical (unpaired) electrons. The van der Waals surface area contributed by atoms with Crippen molar-refractivity contribution in [3.8, 4) is 0 Å². The number of nitrogens with zero attached hydrogens (tertiary/aromatic N) is 1. The second-order valence-electron chi connectivity index (χ2n) is 3.78. The Morgan fingerprint density at radius 1 is 1.15 bits per heavy atom. The SMILES string of the molecule is CCCN(CCC)C(C)CCNC. The molecular weight excluding hydrogens is 160 g/mol. The highest BCUT2D eigenvalue weighted by Crippen LogP contribution is 2.04. The zero-order chi connectivity index (χ0) is 10.1. The standard InChI is InChI=1S/C11H26N2/c1-5-9-13(10-6-2)11(3)7-8-12-4/h11-12H,5-10H2,1-4H3. The van der Waals surface area contributed by atoms with Gasteiger partial charge >= 0.3 is 0 Å². The normalized spacial score (nSPS) is 13.6. The second kappa shape index (κ2) is 8.52. The van der Waals surface area contributed by atoms with E-state index < -0.39 is 0 Å². The predicted molar refractivity (Wildman–Crippen MR) is 60.2 cm³/mol. The molecule has 0 aromatic rings. The van der Waals surface area contributed by atoms with Crippen molar-refractivity contribution in [1.82, 2.24) is 10.2 Å². The van der Waals surface area contributed by atoms with Gasteiger partial charge in [0.25, 0.3) is 0 Å². The van der Waals surface area contributed by atoms with Crippen LogP contribution in [0.4, 0.5) is 0 Å². The van der Waals surface area contributed by atoms with Gasteiger partial charge < -0.3 is 10.2 Å². The average molecular weight is 186 g/mol. The maximum absolute atomic E-state index is 3.21. The minimum atomic E-state index is 0.729. The van der Waals surface area contributed by atoms with E-state index in [2.05, 4.69) is 31.0 Å². The lowest BCUT2D eigenvalue weighted by Crippen LogP contribution is -2.36. The van der Waals surface area contributed by atoms with E-state index in [4.69, 9.17) is 0 Å². The van der Waals surface area contributed by atoms with Crippen LogP contribution in [0.25, 0.3) is 0 Å². The molecule has 13 heavy (non-hydrogen) atoms. The van der Waals surface area contributed by atoms with E-state index in [0.717, 1.165) is 12.6 Å². The van der Waals surface area contributed by atoms with Gasteiger partial charge in [-0.05, 0) is 52.9 Å². The summed E-state index contributed by atoms with van der Waals surface area (Å²) in [7, 11) is 2.02. The van der Waals surface area contributed by atoms with Crippen molar-refractivity contribution in [1.29, 1.82) is 0 Å². The van der Waals surface area contributed by atoms with Crippen LogP contribution in [0, 0.1) is 0 Å². The number of hydrogen-bond donors (Lipinski definition) is 1. The van der Waals surface area contributed by atoms with Crippen LogP contribution in [0.15, 0.2) is 0 Å². The van der Waals surface area contributed by atoms with Gasteiger partial charge in [-0.2, -0.15) is 0 Å². The Bertz CT molecular complexity index is 98.3. The molecule has 0 aromatic carbocycles. The second-order valence-corrected chi connectivity index (χ2v) is 3.78. The zero-order valence-corrected chi connectivity index (χ0v) is 9.77. The molecule has 1 atom stereocenters. The Balaban J connectivity index is 3.72. The first-order valence-electron chi connectivity index (χ1n) is 5.64. The maximum Gasteiger partial charge on any atom is 0.00790 e. The lowest BCUT2D eigenvalue weighted by atomic mass is 10.2. The van der Waals surface area contributed by atoms with Crippen LogP contribution in [0.1, 0.15) is 40.0 Å². The Morgan fingerprint density at radius 3 is 2.08 bits per heavy atom. The zero-order valence-electron chi connectivity index (χ0n) is 9.77. The van der Waals surface area contributed by atoms with Crippen LogP contribution in [0.2, 0.25) is 0 Å². The van der Waals surface area contributed by atoms with Gasteiger partial charge in [-0.15, -0.1) is 0 Å². The molecule has 0 bridgehead atoms. The van der Waals surface area contributed by atoms with Crippen molar-refractivity contribution in [3.63, 3.8) is 0 Å². The first-order chi connectivity index (χ1) is 6.26. The highest BCUT2D eigenvalue weighted by Gasteiger charge is 2.10. The monoisotopic (exact) mass is 186 g/mol. The van der Waals surface area contributed by atoms with E-state index >= 15 is 0 Å². The maximum atomic E-state index is 3.21. The summed E-state index contributed by atoms with van der Waals surface area (Å²) in [5.41, 5.74) is 0. The Kier molecular flexibility index (Phi) is 8.46. The number of hydrogen-bond acceptors (Lipinski definition) is 2. The van der Waals surface area contributed by atoms with Crippen molar-refractivity contribution >= 4 is 0 Å². The summed E-state index contributed by atoms with van der Waals surface area (Å²) >= 11 is 0. The first-order valence-corrected chi connectivity index (χ1v) is 5.64. The molecule has 0 saturated heterocycles. The molecule has 1 N–H and O–H groups in total. The topological polar surface area (TPSA) is 15.3 Å². The van der Waals surface area contributed by atoms with Crippen molar-refractivity contribution in [2.45, 2.75) is 46.1 Å². The fraction of sp³-hybridized carbons (Fsp3) is 1.00. The summed E-state index contributed by atoms with van der Waals surface area (Å²) in [6.07, 6.45) is 3.80. The molecule has 0 heterocycles. The van der Waals surface area contributed by atoms with E-state index in [1.54, 1.807) is 0 Å². The van der Waals surface area contributed by atoms with Gasteiger partial charge in [-0.25, -0.2) is 0 Å². The minimum Gasteiger partial charge on any atom is -0.320 e. The van der Waals surface area contributed by atoms with E-state index in [1.165, 1.54) is 32.4 Å². The summed E-state index contributed by atoms with van der Waals surface area (Å²) in [5, 5.41) is 3.21. The number of rotatable bonds is 8. The summed E-state index contributed by atoms with van der Waals surface area (Å²) in [4.78, 5) is 2.59. The van der Waals surface area contributed by atoms with Gasteiger partial charge in [0.2, 0.25) is 0 Å². The molecule has 1 unspecified atom stereocenters. The molecule has 0 spiro atoms. The van der Waals surface area contributed by atoms with Crippen molar-refractivity contribution < 1.29 is 0 Å². The van der Waals surface area contributed by atoms with E-state index in [0.29, 0.717) is 0 Å². The van der Waals surface area contributed by atoms with Crippen molar-refractivity contribution in [2.24, 2.45) is 0 Å². The van der Waals surface area contributed by atoms with Gasteiger partial charge in [-0.1, -0.05) is 13.8 Å². The van der Waals surface area contributed by atoms with Crippen LogP contribution >= 0.6 is 0 Å². The van der Waals surface area contributed by atoms with Gasteiger partial charge in [0, 0.05) is 6.04 Å². The Morgan fingerprint density at radius 2 is 1.69 bits per heavy atom. The van der Waals surface area contributed by atoms with Crippen LogP contribution < -0.4 is 5.32 Å². The third kappa shape index (κ3) is 6.05. The highest BCUT2D eigenvalue weighted by atomic mass is 15.1. The van der Waals surface area contributed by atoms with Crippen molar-refractivity contribution in [3.05, 3.63) is 0 Å². The fourth-order valence-corrected chi connectivity index (χ4v) is 1.66. The molecule has 0 fully saturated rings. The molecule has 0 amide bonds. The van der Waals surface area contributed by atoms with Crippen LogP contribution in [-0.4, -0.2) is 37.6 Å². The van der Waals surface area contributed by atoms with Gasteiger partial charge in [0.1, 0.15) is 0 Å². The summed E-state index contributed by atoms with van der Waals surface area (Å²) in [5.74, 6) is 0. The average Bonchev–Trinajstić information content (AvgIpc) is 2.14. The number of nitrogens with one attached hydrogen (secondary N) is 1. The quantitative estimate of drug-likeness (QED) is 0.624. The van der Waals surface area contributed by atoms with Gasteiger partial charge in [0.05, 0.1) is 0 Å². The Labute approximate surface area is 83.7 Å². The van der Waals surface area contributed by atoms with Crippen molar-refractivity contribution in [2.75, 3.05) is 26.7 Å². The van der Waals surface area contributed by atoms with E-state index in [9.17, 15) is 0 Å². The smallest absolute Gasteiger partial charge is 0.00790 e. The third-order valence-corrected chi connectivity index (χ3v) is 2.46. The highest BCUT2D eigenvalue weighted by molar-refractivity contribution is 4.67. The fourth-order valence-electron chi connectivity index (χ4n) is 1.66. The lowest BCUT2D eigenvalue weighted by molar-refractivity contribution is 0.200. The van der Waals surface area contributed by atoms with Gasteiger partial charge in [-0.3, -0.25) is 0 Å². The predicted octanol–water partition coefficient (Wildman–Crippen LogP) is 2.11. The summed E-state index contributed by atoms with van der Waals surface area (Å²) in [6, 6.07) is 0.729. The molecule has 0 aliphatic rings. The van der Waals surface area contributed by atoms with Gasteiger partial charge in [0.15, 0.2) is 0 Å². The molecule has 0 rings (SSSR count). The minimum absolute atomic E-state index is 0.729. The molecule has 2 nitrogen and oxygen atoms in total. The van der Waals surface area contributed by atoms with Crippen LogP contribution in [0.5, 0.6) is 0 Å². The lowest BCUT2D eigenvalue weighted by Gasteiger charge is -2.28. The van der Waals surface area contributed by atoms with E-state index in [1.807, 2.05) is 7.05 Å². The van der Waals surface area contributed by atoms with Crippen LogP contribution in [0.3, 0.4) is 0 Å². The first kappa shape index (κ1) is 12.9. The van der Waals surface area contributed by atoms with Crippen LogP contribution in [-0.2, 0) is 0 Å². The molecule has 0 aliphatic carbocycles. The Hall–Kier alpha value is -0.0800. The largest absolute Gasteiger partial charge is 0.320 e. The summed E-state index contributed by atoms with van der Waals surface area (Å²) in [6.45, 7) is 10.5. The molecule has 2 heteroatoms. The molecular formula is C11H26N2.